The van der Waals surface area contributed by atoms with Gasteiger partial charge in [0, 0.05) is 25.4 Å². The van der Waals surface area contributed by atoms with E-state index in [4.69, 9.17) is 10.8 Å². The summed E-state index contributed by atoms with van der Waals surface area (Å²) in [6.45, 7) is 3.49. The predicted molar refractivity (Wildman–Crippen MR) is 71.7 cm³/mol. The minimum absolute atomic E-state index is 0.120. The molecule has 19 heavy (non-hydrogen) atoms. The van der Waals surface area contributed by atoms with E-state index >= 15 is 0 Å². The second-order valence-electron chi connectivity index (χ2n) is 4.21. The van der Waals surface area contributed by atoms with Crippen LogP contribution in [-0.2, 0) is 10.0 Å². The van der Waals surface area contributed by atoms with E-state index in [0.717, 1.165) is 16.4 Å². The maximum Gasteiger partial charge on any atom is 0.246 e. The number of aryl methyl sites for hydroxylation is 1. The number of halogens is 1. The summed E-state index contributed by atoms with van der Waals surface area (Å²) in [5.41, 5.74) is 6.37. The lowest BCUT2D eigenvalue weighted by molar-refractivity contribution is 0.271. The minimum Gasteiger partial charge on any atom is -0.398 e. The second-order valence-corrected chi connectivity index (χ2v) is 6.12. The molecule has 108 valence electrons. The highest BCUT2D eigenvalue weighted by atomic mass is 32.2. The van der Waals surface area contributed by atoms with Crippen LogP contribution in [0.5, 0.6) is 0 Å². The van der Waals surface area contributed by atoms with Gasteiger partial charge in [0.2, 0.25) is 10.0 Å². The van der Waals surface area contributed by atoms with Crippen molar-refractivity contribution in [2.24, 2.45) is 0 Å². The van der Waals surface area contributed by atoms with Crippen LogP contribution in [0.15, 0.2) is 17.0 Å². The smallest absolute Gasteiger partial charge is 0.246 e. The van der Waals surface area contributed by atoms with Crippen LogP contribution in [0, 0.1) is 12.7 Å². The maximum atomic E-state index is 13.8. The first-order valence-electron chi connectivity index (χ1n) is 6.01. The minimum atomic E-state index is -3.93. The van der Waals surface area contributed by atoms with Crippen LogP contribution in [0.4, 0.5) is 10.1 Å². The third kappa shape index (κ3) is 3.43. The van der Waals surface area contributed by atoms with Gasteiger partial charge in [0.25, 0.3) is 0 Å². The Bertz CT molecular complexity index is 546. The molecule has 3 N–H and O–H groups in total. The van der Waals surface area contributed by atoms with E-state index in [1.54, 1.807) is 13.8 Å². The number of nitrogen functional groups attached to an aromatic ring is 1. The van der Waals surface area contributed by atoms with Crippen molar-refractivity contribution in [3.05, 3.63) is 23.5 Å². The Morgan fingerprint density at radius 2 is 2.05 bits per heavy atom. The molecule has 0 aliphatic heterocycles. The van der Waals surface area contributed by atoms with Crippen LogP contribution in [0.1, 0.15) is 18.9 Å². The Balaban J connectivity index is 3.22. The highest BCUT2D eigenvalue weighted by Crippen LogP contribution is 2.24. The first kappa shape index (κ1) is 15.9. The molecular formula is C12H19FN2O3S. The van der Waals surface area contributed by atoms with Gasteiger partial charge in [-0.25, -0.2) is 12.8 Å². The zero-order valence-corrected chi connectivity index (χ0v) is 11.9. The number of aliphatic hydroxyl groups is 1. The topological polar surface area (TPSA) is 83.6 Å². The monoisotopic (exact) mass is 290 g/mol. The van der Waals surface area contributed by atoms with Gasteiger partial charge in [-0.15, -0.1) is 0 Å². The van der Waals surface area contributed by atoms with E-state index in [0.29, 0.717) is 12.0 Å². The average Bonchev–Trinajstić information content (AvgIpc) is 2.34. The van der Waals surface area contributed by atoms with Crippen molar-refractivity contribution < 1.29 is 17.9 Å². The van der Waals surface area contributed by atoms with Crippen LogP contribution < -0.4 is 5.73 Å². The average molecular weight is 290 g/mol. The van der Waals surface area contributed by atoms with Crippen LogP contribution in [-0.4, -0.2) is 37.5 Å². The molecule has 1 rings (SSSR count). The van der Waals surface area contributed by atoms with Gasteiger partial charge in [-0.2, -0.15) is 4.31 Å². The number of hydrogen-bond acceptors (Lipinski definition) is 4. The Morgan fingerprint density at radius 3 is 2.58 bits per heavy atom. The molecule has 0 heterocycles. The van der Waals surface area contributed by atoms with Crippen LogP contribution in [0.2, 0.25) is 0 Å². The molecule has 0 atom stereocenters. The van der Waals surface area contributed by atoms with Crippen molar-refractivity contribution in [3.8, 4) is 0 Å². The van der Waals surface area contributed by atoms with E-state index in [-0.39, 0.29) is 25.4 Å². The molecule has 0 radical (unpaired) electrons. The third-order valence-electron chi connectivity index (χ3n) is 2.86. The molecule has 0 aromatic heterocycles. The van der Waals surface area contributed by atoms with Gasteiger partial charge in [0.05, 0.1) is 0 Å². The Labute approximate surface area is 112 Å². The molecule has 0 aliphatic rings. The standard InChI is InChI=1S/C12H19FN2O3S/c1-3-15(5-4-6-16)19(17,18)12-8-11(14)9(2)7-10(12)13/h7-8,16H,3-6,14H2,1-2H3. The molecule has 5 nitrogen and oxygen atoms in total. The third-order valence-corrected chi connectivity index (χ3v) is 4.85. The summed E-state index contributed by atoms with van der Waals surface area (Å²) in [7, 11) is -3.93. The molecule has 0 fully saturated rings. The van der Waals surface area contributed by atoms with Crippen molar-refractivity contribution in [2.45, 2.75) is 25.2 Å². The van der Waals surface area contributed by atoms with Gasteiger partial charge >= 0.3 is 0 Å². The summed E-state index contributed by atoms with van der Waals surface area (Å²) in [5.74, 6) is -0.811. The number of benzene rings is 1. The first-order chi connectivity index (χ1) is 8.84. The zero-order chi connectivity index (χ0) is 14.6. The molecule has 0 saturated carbocycles. The lowest BCUT2D eigenvalue weighted by Crippen LogP contribution is -2.33. The molecule has 0 saturated heterocycles. The Kier molecular flexibility index (Phi) is 5.28. The fraction of sp³-hybridized carbons (Fsp3) is 0.500. The normalized spacial score (nSPS) is 12.1. The SMILES string of the molecule is CCN(CCCO)S(=O)(=O)c1cc(N)c(C)cc1F. The quantitative estimate of drug-likeness (QED) is 0.769. The van der Waals surface area contributed by atoms with Crippen LogP contribution in [0.3, 0.4) is 0 Å². The Hall–Kier alpha value is -1.18. The van der Waals surface area contributed by atoms with Crippen LogP contribution in [0.25, 0.3) is 0 Å². The van der Waals surface area contributed by atoms with Gasteiger partial charge in [0.15, 0.2) is 0 Å². The number of aliphatic hydroxyl groups excluding tert-OH is 1. The predicted octanol–water partition coefficient (Wildman–Crippen LogP) is 1.11. The lowest BCUT2D eigenvalue weighted by Gasteiger charge is -2.20. The van der Waals surface area contributed by atoms with Crippen molar-refractivity contribution in [2.75, 3.05) is 25.4 Å². The summed E-state index contributed by atoms with van der Waals surface area (Å²) >= 11 is 0. The van der Waals surface area contributed by atoms with Crippen LogP contribution >= 0.6 is 0 Å². The molecule has 0 bridgehead atoms. The summed E-state index contributed by atoms with van der Waals surface area (Å²) < 4.78 is 39.6. The number of rotatable bonds is 6. The zero-order valence-electron chi connectivity index (χ0n) is 11.1. The summed E-state index contributed by atoms with van der Waals surface area (Å²) in [6, 6.07) is 2.25. The summed E-state index contributed by atoms with van der Waals surface area (Å²) in [5, 5.41) is 8.77. The van der Waals surface area contributed by atoms with Crippen molar-refractivity contribution >= 4 is 15.7 Å². The summed E-state index contributed by atoms with van der Waals surface area (Å²) in [6.07, 6.45) is 0.302. The van der Waals surface area contributed by atoms with Gasteiger partial charge in [0.1, 0.15) is 10.7 Å². The van der Waals surface area contributed by atoms with E-state index in [1.165, 1.54) is 0 Å². The number of sulfonamides is 1. The lowest BCUT2D eigenvalue weighted by atomic mass is 10.2. The fourth-order valence-corrected chi connectivity index (χ4v) is 3.27. The van der Waals surface area contributed by atoms with E-state index in [2.05, 4.69) is 0 Å². The fourth-order valence-electron chi connectivity index (χ4n) is 1.70. The molecular weight excluding hydrogens is 271 g/mol. The van der Waals surface area contributed by atoms with Gasteiger partial charge in [-0.05, 0) is 31.0 Å². The molecule has 7 heteroatoms. The van der Waals surface area contributed by atoms with Crippen molar-refractivity contribution in [3.63, 3.8) is 0 Å². The maximum absolute atomic E-state index is 13.8. The van der Waals surface area contributed by atoms with Gasteiger partial charge in [-0.1, -0.05) is 6.92 Å². The van der Waals surface area contributed by atoms with Crippen molar-refractivity contribution in [1.29, 1.82) is 0 Å². The van der Waals surface area contributed by atoms with Gasteiger partial charge < -0.3 is 10.8 Å². The highest BCUT2D eigenvalue weighted by Gasteiger charge is 2.26. The molecule has 1 aromatic carbocycles. The first-order valence-corrected chi connectivity index (χ1v) is 7.45. The summed E-state index contributed by atoms with van der Waals surface area (Å²) in [4.78, 5) is -0.421. The molecule has 0 aliphatic carbocycles. The largest absolute Gasteiger partial charge is 0.398 e. The van der Waals surface area contributed by atoms with E-state index in [1.807, 2.05) is 0 Å². The molecule has 1 aromatic rings. The highest BCUT2D eigenvalue weighted by molar-refractivity contribution is 7.89. The Morgan fingerprint density at radius 1 is 1.42 bits per heavy atom. The number of hydrogen-bond donors (Lipinski definition) is 2. The van der Waals surface area contributed by atoms with Gasteiger partial charge in [-0.3, -0.25) is 0 Å². The molecule has 0 spiro atoms. The number of nitrogens with two attached hydrogens (primary N) is 1. The van der Waals surface area contributed by atoms with E-state index < -0.39 is 20.7 Å². The molecule has 0 unspecified atom stereocenters. The molecule has 0 amide bonds. The number of anilines is 1. The second kappa shape index (κ2) is 6.31. The van der Waals surface area contributed by atoms with Crippen molar-refractivity contribution in [1.82, 2.24) is 4.31 Å². The van der Waals surface area contributed by atoms with E-state index in [9.17, 15) is 12.8 Å². The number of nitrogens with zero attached hydrogens (tertiary/aromatic N) is 1.